The number of carbonyl (C=O) groups is 1. The van der Waals surface area contributed by atoms with Crippen LogP contribution in [0.15, 0.2) is 30.3 Å². The number of para-hydroxylation sites is 1. The number of fused-ring (bicyclic) bond motifs is 1. The van der Waals surface area contributed by atoms with Crippen LogP contribution in [0.3, 0.4) is 0 Å². The number of hydrogen-bond donors (Lipinski definition) is 1. The summed E-state index contributed by atoms with van der Waals surface area (Å²) >= 11 is 0. The van der Waals surface area contributed by atoms with E-state index >= 15 is 0 Å². The van der Waals surface area contributed by atoms with Gasteiger partial charge in [-0.15, -0.1) is 0 Å². The molecular formula is C20H26N2O3. The zero-order valence-electron chi connectivity index (χ0n) is 15.2. The number of anilines is 1. The largest absolute Gasteiger partial charge is 0.466 e. The molecule has 1 N–H and O–H groups in total. The van der Waals surface area contributed by atoms with Crippen LogP contribution in [0, 0.1) is 11.3 Å². The second-order valence-electron chi connectivity index (χ2n) is 7.02. The summed E-state index contributed by atoms with van der Waals surface area (Å²) in [6.07, 6.45) is 0.739. The monoisotopic (exact) mass is 342 g/mol. The van der Waals surface area contributed by atoms with Gasteiger partial charge in [0, 0.05) is 24.0 Å². The number of hydrogen-bond acceptors (Lipinski definition) is 5. The Balaban J connectivity index is 1.98. The van der Waals surface area contributed by atoms with Gasteiger partial charge in [-0.3, -0.25) is 4.79 Å². The molecule has 1 fully saturated rings. The lowest BCUT2D eigenvalue weighted by Gasteiger charge is -2.31. The van der Waals surface area contributed by atoms with Gasteiger partial charge in [-0.2, -0.15) is 0 Å². The number of carbonyl (C=O) groups excluding carboxylic acids is 1. The van der Waals surface area contributed by atoms with Gasteiger partial charge in [0.05, 0.1) is 24.1 Å². The Morgan fingerprint density at radius 3 is 2.84 bits per heavy atom. The molecule has 0 saturated carbocycles. The Morgan fingerprint density at radius 2 is 2.16 bits per heavy atom. The Kier molecular flexibility index (Phi) is 4.95. The van der Waals surface area contributed by atoms with E-state index < -0.39 is 5.41 Å². The molecule has 1 aliphatic heterocycles. The molecule has 1 atom stereocenters. The van der Waals surface area contributed by atoms with Crippen LogP contribution in [0.2, 0.25) is 0 Å². The summed E-state index contributed by atoms with van der Waals surface area (Å²) in [7, 11) is 0. The highest BCUT2D eigenvalue weighted by atomic mass is 16.5. The molecule has 0 amide bonds. The Morgan fingerprint density at radius 1 is 1.40 bits per heavy atom. The molecule has 1 aromatic carbocycles. The zero-order valence-corrected chi connectivity index (χ0v) is 15.2. The summed E-state index contributed by atoms with van der Waals surface area (Å²) in [4.78, 5) is 19.5. The fourth-order valence-electron chi connectivity index (χ4n) is 3.70. The smallest absolute Gasteiger partial charge is 0.314 e. The molecule has 1 unspecified atom stereocenters. The second kappa shape index (κ2) is 7.00. The Bertz CT molecular complexity index is 775. The van der Waals surface area contributed by atoms with Crippen molar-refractivity contribution in [1.82, 2.24) is 4.98 Å². The number of ether oxygens (including phenoxy) is 1. The minimum Gasteiger partial charge on any atom is -0.466 e. The van der Waals surface area contributed by atoms with Crippen LogP contribution >= 0.6 is 0 Å². The first-order valence-electron chi connectivity index (χ1n) is 8.93. The number of rotatable bonds is 5. The number of aromatic nitrogens is 1. The molecule has 134 valence electrons. The van der Waals surface area contributed by atoms with Gasteiger partial charge in [-0.25, -0.2) is 4.98 Å². The molecule has 0 spiro atoms. The van der Waals surface area contributed by atoms with E-state index in [4.69, 9.17) is 9.72 Å². The predicted octanol–water partition coefficient (Wildman–Crippen LogP) is 3.14. The van der Waals surface area contributed by atoms with E-state index in [0.717, 1.165) is 35.2 Å². The molecule has 3 rings (SSSR count). The average Bonchev–Trinajstić information content (AvgIpc) is 3.07. The lowest BCUT2D eigenvalue weighted by Crippen LogP contribution is -2.41. The summed E-state index contributed by atoms with van der Waals surface area (Å²) in [5.74, 6) is 0.821. The van der Waals surface area contributed by atoms with Crippen molar-refractivity contribution in [2.45, 2.75) is 33.8 Å². The van der Waals surface area contributed by atoms with Gasteiger partial charge < -0.3 is 14.7 Å². The van der Waals surface area contributed by atoms with Gasteiger partial charge >= 0.3 is 5.97 Å². The highest BCUT2D eigenvalue weighted by Crippen LogP contribution is 2.41. The van der Waals surface area contributed by atoms with Gasteiger partial charge in [0.25, 0.3) is 0 Å². The molecule has 1 aliphatic rings. The molecule has 1 saturated heterocycles. The molecule has 2 aromatic rings. The summed E-state index contributed by atoms with van der Waals surface area (Å²) in [6.45, 7) is 7.61. The van der Waals surface area contributed by atoms with Crippen molar-refractivity contribution >= 4 is 22.7 Å². The normalized spacial score (nSPS) is 20.4. The maximum absolute atomic E-state index is 12.6. The first-order valence-corrected chi connectivity index (χ1v) is 8.93. The SMILES string of the molecule is CCOC(=O)C1(C(C)C)CCN(c2nc3ccccc3cc2CO)C1. The molecule has 0 bridgehead atoms. The van der Waals surface area contributed by atoms with Gasteiger partial charge in [-0.1, -0.05) is 32.0 Å². The van der Waals surface area contributed by atoms with Crippen LogP contribution in [0.25, 0.3) is 10.9 Å². The fraction of sp³-hybridized carbons (Fsp3) is 0.500. The minimum atomic E-state index is -0.518. The molecule has 0 radical (unpaired) electrons. The highest BCUT2D eigenvalue weighted by molar-refractivity contribution is 5.83. The van der Waals surface area contributed by atoms with E-state index in [9.17, 15) is 9.90 Å². The van der Waals surface area contributed by atoms with E-state index in [2.05, 4.69) is 18.7 Å². The summed E-state index contributed by atoms with van der Waals surface area (Å²) in [6, 6.07) is 9.87. The third-order valence-electron chi connectivity index (χ3n) is 5.34. The van der Waals surface area contributed by atoms with Crippen LogP contribution in [-0.2, 0) is 16.1 Å². The number of aliphatic hydroxyl groups excluding tert-OH is 1. The molecule has 1 aromatic heterocycles. The molecule has 2 heterocycles. The lowest BCUT2D eigenvalue weighted by molar-refractivity contribution is -0.156. The fourth-order valence-corrected chi connectivity index (χ4v) is 3.70. The number of nitrogens with zero attached hydrogens (tertiary/aromatic N) is 2. The van der Waals surface area contributed by atoms with Crippen molar-refractivity contribution in [3.05, 3.63) is 35.9 Å². The quantitative estimate of drug-likeness (QED) is 0.846. The lowest BCUT2D eigenvalue weighted by atomic mass is 9.76. The number of aliphatic hydroxyl groups is 1. The van der Waals surface area contributed by atoms with E-state index in [1.807, 2.05) is 37.3 Å². The van der Waals surface area contributed by atoms with Gasteiger partial charge in [0.1, 0.15) is 5.82 Å². The van der Waals surface area contributed by atoms with Crippen molar-refractivity contribution in [3.8, 4) is 0 Å². The number of pyridine rings is 1. The van der Waals surface area contributed by atoms with E-state index in [0.29, 0.717) is 13.2 Å². The van der Waals surface area contributed by atoms with Crippen molar-refractivity contribution in [2.24, 2.45) is 11.3 Å². The van der Waals surface area contributed by atoms with E-state index in [-0.39, 0.29) is 18.5 Å². The van der Waals surface area contributed by atoms with Crippen molar-refractivity contribution < 1.29 is 14.6 Å². The van der Waals surface area contributed by atoms with Gasteiger partial charge in [0.15, 0.2) is 0 Å². The van der Waals surface area contributed by atoms with E-state index in [1.165, 1.54) is 0 Å². The first kappa shape index (κ1) is 17.7. The highest BCUT2D eigenvalue weighted by Gasteiger charge is 2.48. The van der Waals surface area contributed by atoms with Gasteiger partial charge in [0.2, 0.25) is 0 Å². The van der Waals surface area contributed by atoms with Crippen molar-refractivity contribution in [1.29, 1.82) is 0 Å². The summed E-state index contributed by atoms with van der Waals surface area (Å²) in [5.41, 5.74) is 1.17. The molecule has 0 aliphatic carbocycles. The van der Waals surface area contributed by atoms with Crippen LogP contribution in [0.4, 0.5) is 5.82 Å². The molecule has 5 heteroatoms. The number of esters is 1. The zero-order chi connectivity index (χ0) is 18.0. The summed E-state index contributed by atoms with van der Waals surface area (Å²) < 4.78 is 5.37. The molecule has 25 heavy (non-hydrogen) atoms. The van der Waals surface area contributed by atoms with Crippen LogP contribution < -0.4 is 4.90 Å². The Hall–Kier alpha value is -2.14. The van der Waals surface area contributed by atoms with Crippen LogP contribution in [0.5, 0.6) is 0 Å². The average molecular weight is 342 g/mol. The minimum absolute atomic E-state index is 0.0717. The number of benzene rings is 1. The van der Waals surface area contributed by atoms with Crippen molar-refractivity contribution in [3.63, 3.8) is 0 Å². The van der Waals surface area contributed by atoms with E-state index in [1.54, 1.807) is 0 Å². The third kappa shape index (κ3) is 3.09. The molecule has 5 nitrogen and oxygen atoms in total. The topological polar surface area (TPSA) is 62.7 Å². The predicted molar refractivity (Wildman–Crippen MR) is 98.4 cm³/mol. The van der Waals surface area contributed by atoms with Crippen LogP contribution in [0.1, 0.15) is 32.8 Å². The second-order valence-corrected chi connectivity index (χ2v) is 7.02. The van der Waals surface area contributed by atoms with Crippen LogP contribution in [-0.4, -0.2) is 35.8 Å². The Labute approximate surface area is 148 Å². The maximum atomic E-state index is 12.6. The van der Waals surface area contributed by atoms with Crippen molar-refractivity contribution in [2.75, 3.05) is 24.6 Å². The van der Waals surface area contributed by atoms with Gasteiger partial charge in [-0.05, 0) is 31.4 Å². The molecular weight excluding hydrogens is 316 g/mol. The maximum Gasteiger partial charge on any atom is 0.314 e. The standard InChI is InChI=1S/C20H26N2O3/c1-4-25-19(24)20(14(2)3)9-10-22(13-20)18-16(12-23)11-15-7-5-6-8-17(15)21-18/h5-8,11,14,23H,4,9-10,12-13H2,1-3H3. The third-order valence-corrected chi connectivity index (χ3v) is 5.34. The first-order chi connectivity index (χ1) is 12.0. The summed E-state index contributed by atoms with van der Waals surface area (Å²) in [5, 5.41) is 10.8.